The molecule has 192 valence electrons. The maximum absolute atomic E-state index is 13.7. The van der Waals surface area contributed by atoms with Crippen LogP contribution in [0.1, 0.15) is 56.1 Å². The first-order valence-corrected chi connectivity index (χ1v) is 13.3. The van der Waals surface area contributed by atoms with Crippen molar-refractivity contribution >= 4 is 17.8 Å². The van der Waals surface area contributed by atoms with E-state index in [0.29, 0.717) is 18.3 Å². The molecule has 1 aromatic carbocycles. The van der Waals surface area contributed by atoms with Gasteiger partial charge >= 0.3 is 6.03 Å². The molecule has 0 unspecified atom stereocenters. The number of nitrogens with zero attached hydrogens (tertiary/aromatic N) is 4. The van der Waals surface area contributed by atoms with Crippen molar-refractivity contribution in [1.82, 2.24) is 19.7 Å². The molecule has 0 atom stereocenters. The molecule has 3 amide bonds. The van der Waals surface area contributed by atoms with Crippen LogP contribution in [-0.2, 0) is 10.3 Å². The number of amides is 3. The minimum atomic E-state index is -0.205. The molecule has 1 spiro atoms. The summed E-state index contributed by atoms with van der Waals surface area (Å²) < 4.78 is 0. The van der Waals surface area contributed by atoms with Crippen LogP contribution in [0.25, 0.3) is 0 Å². The highest BCUT2D eigenvalue weighted by molar-refractivity contribution is 5.94. The van der Waals surface area contributed by atoms with E-state index in [2.05, 4.69) is 64.5 Å². The predicted octanol–water partition coefficient (Wildman–Crippen LogP) is 4.64. The van der Waals surface area contributed by atoms with Crippen LogP contribution in [0.5, 0.6) is 0 Å². The van der Waals surface area contributed by atoms with Gasteiger partial charge in [0.05, 0.1) is 5.54 Å². The Labute approximate surface area is 214 Å². The first-order chi connectivity index (χ1) is 17.3. The van der Waals surface area contributed by atoms with Gasteiger partial charge in [0.2, 0.25) is 5.91 Å². The number of carbonyl (C=O) groups is 2. The summed E-state index contributed by atoms with van der Waals surface area (Å²) in [6.07, 6.45) is 9.25. The van der Waals surface area contributed by atoms with Crippen molar-refractivity contribution in [2.75, 3.05) is 39.0 Å². The van der Waals surface area contributed by atoms with Crippen LogP contribution in [0.2, 0.25) is 0 Å². The van der Waals surface area contributed by atoms with Crippen LogP contribution in [0.4, 0.5) is 10.6 Å². The number of benzene rings is 1. The average Bonchev–Trinajstić information content (AvgIpc) is 3.08. The third-order valence-corrected chi connectivity index (χ3v) is 8.91. The quantitative estimate of drug-likeness (QED) is 0.615. The molecule has 0 bridgehead atoms. The molecule has 1 aliphatic heterocycles. The summed E-state index contributed by atoms with van der Waals surface area (Å²) in [5.74, 6) is 0.920. The number of urea groups is 1. The van der Waals surface area contributed by atoms with Crippen molar-refractivity contribution in [3.63, 3.8) is 0 Å². The van der Waals surface area contributed by atoms with Crippen molar-refractivity contribution < 1.29 is 9.59 Å². The number of anilines is 1. The van der Waals surface area contributed by atoms with Gasteiger partial charge in [-0.3, -0.25) is 9.69 Å². The Balaban J connectivity index is 1.33. The summed E-state index contributed by atoms with van der Waals surface area (Å²) >= 11 is 0. The second-order valence-electron chi connectivity index (χ2n) is 11.3. The molecule has 2 heterocycles. The minimum absolute atomic E-state index is 0.0194. The standard InChI is InChI=1S/C29H39N5O2/c1-22-12-13-25(30-18-22)31-26(35)20-33-21-28(34(27(33)36)19-23-8-7-9-23)14-16-29(17-15-28,32(2)3)24-10-5-4-6-11-24/h4-6,10-13,18,23H,7-9,14-17,19-21H2,1-3H3,(H,30,31,35)/t28-,29-. The molecule has 36 heavy (non-hydrogen) atoms. The lowest BCUT2D eigenvalue weighted by Gasteiger charge is -2.51. The second-order valence-corrected chi connectivity index (χ2v) is 11.3. The second kappa shape index (κ2) is 9.85. The maximum Gasteiger partial charge on any atom is 0.321 e. The van der Waals surface area contributed by atoms with Crippen LogP contribution in [0.3, 0.4) is 0 Å². The molecule has 5 rings (SSSR count). The Bertz CT molecular complexity index is 1070. The van der Waals surface area contributed by atoms with Crippen molar-refractivity contribution in [2.24, 2.45) is 5.92 Å². The molecule has 7 nitrogen and oxygen atoms in total. The number of aryl methyl sites for hydroxylation is 1. The lowest BCUT2D eigenvalue weighted by atomic mass is 9.68. The fourth-order valence-corrected chi connectivity index (χ4v) is 6.41. The largest absolute Gasteiger partial charge is 0.321 e. The van der Waals surface area contributed by atoms with Crippen molar-refractivity contribution in [2.45, 2.75) is 62.9 Å². The molecule has 3 fully saturated rings. The molecule has 2 saturated carbocycles. The van der Waals surface area contributed by atoms with Crippen molar-refractivity contribution in [3.05, 3.63) is 59.8 Å². The number of aromatic nitrogens is 1. The van der Waals surface area contributed by atoms with E-state index in [0.717, 1.165) is 37.8 Å². The highest BCUT2D eigenvalue weighted by atomic mass is 16.2. The van der Waals surface area contributed by atoms with Crippen LogP contribution in [0, 0.1) is 12.8 Å². The SMILES string of the molecule is Cc1ccc(NC(=O)CN2C[C@]3(CC[C@@](c4ccccc4)(N(C)C)CC3)N(CC3CCC3)C2=O)nc1. The molecule has 1 N–H and O–H groups in total. The smallest absolute Gasteiger partial charge is 0.317 e. The fraction of sp³-hybridized carbons (Fsp3) is 0.552. The highest BCUT2D eigenvalue weighted by Crippen LogP contribution is 2.49. The first-order valence-electron chi connectivity index (χ1n) is 13.3. The van der Waals surface area contributed by atoms with E-state index in [-0.39, 0.29) is 29.6 Å². The van der Waals surface area contributed by atoms with Crippen molar-refractivity contribution in [1.29, 1.82) is 0 Å². The number of carbonyl (C=O) groups excluding carboxylic acids is 2. The number of hydrogen-bond donors (Lipinski definition) is 1. The van der Waals surface area contributed by atoms with E-state index < -0.39 is 0 Å². The Morgan fingerprint density at radius 3 is 2.39 bits per heavy atom. The highest BCUT2D eigenvalue weighted by Gasteiger charge is 2.55. The molecule has 2 aromatic rings. The van der Waals surface area contributed by atoms with Gasteiger partial charge in [-0.15, -0.1) is 0 Å². The van der Waals surface area contributed by atoms with Gasteiger partial charge in [-0.2, -0.15) is 0 Å². The average molecular weight is 490 g/mol. The normalized spacial score (nSPS) is 26.5. The zero-order chi connectivity index (χ0) is 25.3. The Kier molecular flexibility index (Phi) is 6.77. The van der Waals surface area contributed by atoms with Crippen LogP contribution in [0.15, 0.2) is 48.7 Å². The molecular weight excluding hydrogens is 450 g/mol. The molecular formula is C29H39N5O2. The predicted molar refractivity (Wildman–Crippen MR) is 142 cm³/mol. The molecule has 1 aromatic heterocycles. The first kappa shape index (κ1) is 24.8. The third kappa shape index (κ3) is 4.61. The lowest BCUT2D eigenvalue weighted by Crippen LogP contribution is -2.56. The maximum atomic E-state index is 13.7. The number of pyridine rings is 1. The summed E-state index contributed by atoms with van der Waals surface area (Å²) in [7, 11) is 4.35. The summed E-state index contributed by atoms with van der Waals surface area (Å²) in [6.45, 7) is 3.46. The van der Waals surface area contributed by atoms with Crippen molar-refractivity contribution in [3.8, 4) is 0 Å². The van der Waals surface area contributed by atoms with Gasteiger partial charge < -0.3 is 15.1 Å². The number of nitrogens with one attached hydrogen (secondary N) is 1. The fourth-order valence-electron chi connectivity index (χ4n) is 6.41. The van der Waals surface area contributed by atoms with E-state index in [9.17, 15) is 9.59 Å². The molecule has 7 heteroatoms. The Morgan fingerprint density at radius 1 is 1.08 bits per heavy atom. The Morgan fingerprint density at radius 2 is 1.81 bits per heavy atom. The van der Waals surface area contributed by atoms with E-state index in [1.54, 1.807) is 17.2 Å². The summed E-state index contributed by atoms with van der Waals surface area (Å²) in [5, 5.41) is 2.87. The van der Waals surface area contributed by atoms with Gasteiger partial charge in [0.1, 0.15) is 12.4 Å². The van der Waals surface area contributed by atoms with E-state index >= 15 is 0 Å². The van der Waals surface area contributed by atoms with Gasteiger partial charge in [-0.05, 0) is 82.7 Å². The third-order valence-electron chi connectivity index (χ3n) is 8.91. The molecule has 1 saturated heterocycles. The van der Waals surface area contributed by atoms with Gasteiger partial charge in [0.15, 0.2) is 0 Å². The Hall–Kier alpha value is -2.93. The zero-order valence-corrected chi connectivity index (χ0v) is 21.9. The lowest BCUT2D eigenvalue weighted by molar-refractivity contribution is -0.116. The van der Waals surface area contributed by atoms with Gasteiger partial charge in [0.25, 0.3) is 0 Å². The summed E-state index contributed by atoms with van der Waals surface area (Å²) in [5.41, 5.74) is 2.16. The van der Waals surface area contributed by atoms with Crippen LogP contribution in [-0.4, -0.2) is 70.9 Å². The summed E-state index contributed by atoms with van der Waals surface area (Å²) in [4.78, 5) is 37.1. The van der Waals surface area contributed by atoms with E-state index in [1.807, 2.05) is 13.0 Å². The topological polar surface area (TPSA) is 68.8 Å². The van der Waals surface area contributed by atoms with Crippen LogP contribution >= 0.6 is 0 Å². The van der Waals surface area contributed by atoms with Gasteiger partial charge in [-0.25, -0.2) is 9.78 Å². The summed E-state index contributed by atoms with van der Waals surface area (Å²) in [6, 6.07) is 14.5. The van der Waals surface area contributed by atoms with Gasteiger partial charge in [-0.1, -0.05) is 42.8 Å². The minimum Gasteiger partial charge on any atom is -0.317 e. The number of hydrogen-bond acceptors (Lipinski definition) is 4. The van der Waals surface area contributed by atoms with E-state index in [1.165, 1.54) is 24.8 Å². The molecule has 2 aliphatic carbocycles. The van der Waals surface area contributed by atoms with E-state index in [4.69, 9.17) is 0 Å². The number of rotatable bonds is 7. The van der Waals surface area contributed by atoms with Gasteiger partial charge in [0, 0.05) is 24.8 Å². The van der Waals surface area contributed by atoms with Crippen LogP contribution < -0.4 is 5.32 Å². The molecule has 3 aliphatic rings. The molecule has 0 radical (unpaired) electrons. The monoisotopic (exact) mass is 489 g/mol. The zero-order valence-electron chi connectivity index (χ0n) is 21.9.